The molecule has 1 heterocycles. The molecular formula is C8H3F6NO. The summed E-state index contributed by atoms with van der Waals surface area (Å²) in [6.07, 6.45) is -9.53. The van der Waals surface area contributed by atoms with Gasteiger partial charge in [0.15, 0.2) is 0 Å². The normalized spacial score (nSPS) is 12.6. The first-order valence-electron chi connectivity index (χ1n) is 3.77. The quantitative estimate of drug-likeness (QED) is 0.560. The summed E-state index contributed by atoms with van der Waals surface area (Å²) in [6.45, 7) is 0. The van der Waals surface area contributed by atoms with Crippen molar-refractivity contribution in [2.24, 2.45) is 0 Å². The fraction of sp³-hybridized carbons (Fsp3) is 0.250. The molecule has 1 aromatic heterocycles. The third kappa shape index (κ3) is 2.50. The lowest BCUT2D eigenvalue weighted by molar-refractivity contribution is -0.138. The third-order valence-electron chi connectivity index (χ3n) is 1.63. The maximum absolute atomic E-state index is 12.2. The molecule has 0 aliphatic carbocycles. The zero-order valence-electron chi connectivity index (χ0n) is 7.36. The van der Waals surface area contributed by atoms with Crippen LogP contribution in [0.4, 0.5) is 26.3 Å². The molecule has 0 aromatic carbocycles. The van der Waals surface area contributed by atoms with E-state index in [4.69, 9.17) is 0 Å². The minimum Gasteiger partial charge on any atom is -0.284 e. The van der Waals surface area contributed by atoms with Gasteiger partial charge in [0.25, 0.3) is 5.78 Å². The Morgan fingerprint density at radius 2 is 1.69 bits per heavy atom. The molecule has 0 saturated heterocycles. The first-order chi connectivity index (χ1) is 7.14. The van der Waals surface area contributed by atoms with E-state index < -0.39 is 29.3 Å². The minimum atomic E-state index is -5.35. The molecule has 1 aromatic rings. The van der Waals surface area contributed by atoms with E-state index in [1.807, 2.05) is 0 Å². The second-order valence-electron chi connectivity index (χ2n) is 2.75. The lowest BCUT2D eigenvalue weighted by Gasteiger charge is -2.12. The molecule has 16 heavy (non-hydrogen) atoms. The van der Waals surface area contributed by atoms with Gasteiger partial charge < -0.3 is 0 Å². The molecule has 0 spiro atoms. The molecule has 0 aliphatic heterocycles. The average molecular weight is 243 g/mol. The Morgan fingerprint density at radius 3 is 2.12 bits per heavy atom. The van der Waals surface area contributed by atoms with E-state index >= 15 is 0 Å². The summed E-state index contributed by atoms with van der Waals surface area (Å²) in [5.74, 6) is -2.54. The summed E-state index contributed by atoms with van der Waals surface area (Å²) in [4.78, 5) is 13.7. The maximum Gasteiger partial charge on any atom is 0.454 e. The van der Waals surface area contributed by atoms with Gasteiger partial charge in [-0.05, 0) is 6.07 Å². The number of carbonyl (C=O) groups excluding carboxylic acids is 1. The Labute approximate surface area is 84.9 Å². The number of pyridine rings is 1. The van der Waals surface area contributed by atoms with Crippen LogP contribution >= 0.6 is 0 Å². The molecular weight excluding hydrogens is 240 g/mol. The van der Waals surface area contributed by atoms with E-state index in [1.54, 1.807) is 0 Å². The molecule has 0 N–H and O–H groups in total. The highest BCUT2D eigenvalue weighted by Crippen LogP contribution is 2.33. The summed E-state index contributed by atoms with van der Waals surface area (Å²) in [7, 11) is 0. The Morgan fingerprint density at radius 1 is 1.12 bits per heavy atom. The van der Waals surface area contributed by atoms with E-state index in [2.05, 4.69) is 4.98 Å². The van der Waals surface area contributed by atoms with E-state index in [9.17, 15) is 31.1 Å². The molecule has 88 valence electrons. The zero-order chi connectivity index (χ0) is 12.6. The average Bonchev–Trinajstić information content (AvgIpc) is 2.14. The van der Waals surface area contributed by atoms with Crippen molar-refractivity contribution in [1.82, 2.24) is 4.98 Å². The van der Waals surface area contributed by atoms with Gasteiger partial charge in [-0.2, -0.15) is 26.3 Å². The van der Waals surface area contributed by atoms with Crippen molar-refractivity contribution in [3.63, 3.8) is 0 Å². The summed E-state index contributed by atoms with van der Waals surface area (Å²) < 4.78 is 72.6. The van der Waals surface area contributed by atoms with Crippen molar-refractivity contribution in [2.75, 3.05) is 0 Å². The lowest BCUT2D eigenvalue weighted by atomic mass is 10.1. The zero-order valence-corrected chi connectivity index (χ0v) is 7.36. The molecule has 0 fully saturated rings. The van der Waals surface area contributed by atoms with Gasteiger partial charge in [-0.3, -0.25) is 9.78 Å². The van der Waals surface area contributed by atoms with E-state index in [1.165, 1.54) is 0 Å². The predicted octanol–water partition coefficient (Wildman–Crippen LogP) is 2.85. The summed E-state index contributed by atoms with van der Waals surface area (Å²) in [5.41, 5.74) is -3.15. The van der Waals surface area contributed by atoms with Crippen LogP contribution in [-0.4, -0.2) is 16.9 Å². The predicted molar refractivity (Wildman–Crippen MR) is 39.6 cm³/mol. The fourth-order valence-corrected chi connectivity index (χ4v) is 0.971. The number of halogens is 6. The topological polar surface area (TPSA) is 30.0 Å². The van der Waals surface area contributed by atoms with Crippen molar-refractivity contribution in [3.05, 3.63) is 29.6 Å². The number of alkyl halides is 6. The highest BCUT2D eigenvalue weighted by molar-refractivity contribution is 6.01. The second kappa shape index (κ2) is 3.76. The first kappa shape index (κ1) is 12.5. The molecule has 0 aliphatic rings. The van der Waals surface area contributed by atoms with Crippen LogP contribution in [0.3, 0.4) is 0 Å². The van der Waals surface area contributed by atoms with Gasteiger partial charge in [0, 0.05) is 18.0 Å². The summed E-state index contributed by atoms with van der Waals surface area (Å²) in [5, 5.41) is 0. The van der Waals surface area contributed by atoms with Gasteiger partial charge in [0.2, 0.25) is 0 Å². The van der Waals surface area contributed by atoms with Crippen LogP contribution in [0.1, 0.15) is 15.9 Å². The van der Waals surface area contributed by atoms with Crippen LogP contribution in [0.5, 0.6) is 0 Å². The molecule has 1 rings (SSSR count). The van der Waals surface area contributed by atoms with Crippen molar-refractivity contribution >= 4 is 5.78 Å². The van der Waals surface area contributed by atoms with Crippen LogP contribution in [0.15, 0.2) is 18.5 Å². The molecule has 0 atom stereocenters. The number of carbonyl (C=O) groups is 1. The smallest absolute Gasteiger partial charge is 0.284 e. The number of Topliss-reactive ketones (excluding diaryl/α,β-unsaturated/α-hetero) is 1. The lowest BCUT2D eigenvalue weighted by Crippen LogP contribution is -2.26. The van der Waals surface area contributed by atoms with Gasteiger partial charge >= 0.3 is 12.4 Å². The monoisotopic (exact) mass is 243 g/mol. The molecule has 2 nitrogen and oxygen atoms in total. The van der Waals surface area contributed by atoms with Gasteiger partial charge in [-0.15, -0.1) is 0 Å². The highest BCUT2D eigenvalue weighted by Gasteiger charge is 2.44. The van der Waals surface area contributed by atoms with Crippen molar-refractivity contribution in [2.45, 2.75) is 12.4 Å². The number of rotatable bonds is 1. The Hall–Kier alpha value is -1.60. The largest absolute Gasteiger partial charge is 0.454 e. The second-order valence-corrected chi connectivity index (χ2v) is 2.75. The van der Waals surface area contributed by atoms with E-state index in [0.717, 1.165) is 0 Å². The Kier molecular flexibility index (Phi) is 2.93. The Balaban J connectivity index is 3.31. The highest BCUT2D eigenvalue weighted by atomic mass is 19.4. The molecule has 0 amide bonds. The van der Waals surface area contributed by atoms with Gasteiger partial charge in [-0.1, -0.05) is 0 Å². The summed E-state index contributed by atoms with van der Waals surface area (Å²) in [6, 6.07) is 0.388. The number of nitrogens with zero attached hydrogens (tertiary/aromatic N) is 1. The van der Waals surface area contributed by atoms with Crippen molar-refractivity contribution < 1.29 is 31.1 Å². The number of hydrogen-bond acceptors (Lipinski definition) is 2. The van der Waals surface area contributed by atoms with Crippen LogP contribution in [0.2, 0.25) is 0 Å². The summed E-state index contributed by atoms with van der Waals surface area (Å²) >= 11 is 0. The van der Waals surface area contributed by atoms with Crippen LogP contribution in [-0.2, 0) is 6.18 Å². The molecule has 8 heteroatoms. The van der Waals surface area contributed by atoms with E-state index in [-0.39, 0.29) is 6.20 Å². The maximum atomic E-state index is 12.2. The minimum absolute atomic E-state index is 0.180. The van der Waals surface area contributed by atoms with Crippen molar-refractivity contribution in [3.8, 4) is 0 Å². The van der Waals surface area contributed by atoms with Crippen LogP contribution in [0.25, 0.3) is 0 Å². The number of ketones is 1. The van der Waals surface area contributed by atoms with E-state index in [0.29, 0.717) is 12.3 Å². The molecule has 0 radical (unpaired) electrons. The Bertz CT molecular complexity index is 408. The third-order valence-corrected chi connectivity index (χ3v) is 1.63. The molecule has 0 saturated carbocycles. The standard InChI is InChI=1S/C8H3F6NO/c9-7(10,11)5-3-15-2-1-4(5)6(16)8(12,13)14/h1-3H. The van der Waals surface area contributed by atoms with Crippen molar-refractivity contribution in [1.29, 1.82) is 0 Å². The number of aromatic nitrogens is 1. The molecule has 0 unspecified atom stereocenters. The molecule has 0 bridgehead atoms. The SMILES string of the molecule is O=C(c1ccncc1C(F)(F)F)C(F)(F)F. The van der Waals surface area contributed by atoms with Crippen LogP contribution < -0.4 is 0 Å². The first-order valence-corrected chi connectivity index (χ1v) is 3.77. The fourth-order valence-electron chi connectivity index (χ4n) is 0.971. The van der Waals surface area contributed by atoms with Gasteiger partial charge in [0.05, 0.1) is 5.56 Å². The van der Waals surface area contributed by atoms with Gasteiger partial charge in [-0.25, -0.2) is 0 Å². The van der Waals surface area contributed by atoms with Gasteiger partial charge in [0.1, 0.15) is 0 Å². The number of hydrogen-bond donors (Lipinski definition) is 0. The van der Waals surface area contributed by atoms with Crippen LogP contribution in [0, 0.1) is 0 Å².